The van der Waals surface area contributed by atoms with E-state index < -0.39 is 24.0 Å². The first-order valence-corrected chi connectivity index (χ1v) is 8.09. The van der Waals surface area contributed by atoms with E-state index in [4.69, 9.17) is 5.11 Å². The number of esters is 1. The van der Waals surface area contributed by atoms with E-state index in [-0.39, 0.29) is 6.42 Å². The Kier molecular flexibility index (Phi) is 5.40. The summed E-state index contributed by atoms with van der Waals surface area (Å²) in [5.74, 6) is -5.08. The molecule has 0 saturated heterocycles. The topological polar surface area (TPSA) is 63.6 Å². The minimum Gasteiger partial charge on any atom is -0.477 e. The molecule has 0 spiro atoms. The molecule has 22 heavy (non-hydrogen) atoms. The first-order chi connectivity index (χ1) is 10.3. The molecule has 0 aromatic carbocycles. The Morgan fingerprint density at radius 2 is 1.82 bits per heavy atom. The first kappa shape index (κ1) is 17.2. The Bertz CT molecular complexity index is 412. The van der Waals surface area contributed by atoms with Gasteiger partial charge >= 0.3 is 17.9 Å². The van der Waals surface area contributed by atoms with Crippen LogP contribution in [0.1, 0.15) is 58.3 Å². The van der Waals surface area contributed by atoms with E-state index >= 15 is 0 Å². The van der Waals surface area contributed by atoms with Gasteiger partial charge in [0.15, 0.2) is 6.10 Å². The summed E-state index contributed by atoms with van der Waals surface area (Å²) in [6, 6.07) is 0. The molecule has 1 N–H and O–H groups in total. The van der Waals surface area contributed by atoms with E-state index in [2.05, 4.69) is 4.74 Å². The predicted molar refractivity (Wildman–Crippen MR) is 75.5 cm³/mol. The van der Waals surface area contributed by atoms with Crippen LogP contribution in [0.2, 0.25) is 0 Å². The van der Waals surface area contributed by atoms with Gasteiger partial charge in [0.05, 0.1) is 0 Å². The number of carboxylic acid groups (broad SMARTS) is 1. The third kappa shape index (κ3) is 4.17. The molecule has 3 unspecified atom stereocenters. The van der Waals surface area contributed by atoms with Crippen LogP contribution in [0.5, 0.6) is 0 Å². The molecule has 2 aliphatic carbocycles. The standard InChI is InChI=1S/C16H24F2O4/c1-10(16(17,18)15(20)21)22-14(19)6-5-13-8-11-3-2-4-12(7-11)9-13/h10-13H,2-9H2,1H3,(H,20,21). The van der Waals surface area contributed by atoms with Gasteiger partial charge in [0.2, 0.25) is 0 Å². The van der Waals surface area contributed by atoms with Crippen LogP contribution in [0.4, 0.5) is 8.78 Å². The van der Waals surface area contributed by atoms with Crippen LogP contribution in [0, 0.1) is 17.8 Å². The van der Waals surface area contributed by atoms with Gasteiger partial charge in [0, 0.05) is 6.42 Å². The molecule has 0 aliphatic heterocycles. The van der Waals surface area contributed by atoms with Crippen LogP contribution in [0.3, 0.4) is 0 Å². The molecule has 4 nitrogen and oxygen atoms in total. The van der Waals surface area contributed by atoms with Gasteiger partial charge in [-0.2, -0.15) is 8.78 Å². The fourth-order valence-corrected chi connectivity index (χ4v) is 3.93. The normalized spacial score (nSPS) is 29.7. The summed E-state index contributed by atoms with van der Waals surface area (Å²) in [6.45, 7) is 0.914. The van der Waals surface area contributed by atoms with E-state index in [1.807, 2.05) is 0 Å². The molecule has 0 heterocycles. The third-order valence-corrected chi connectivity index (χ3v) is 5.09. The first-order valence-electron chi connectivity index (χ1n) is 8.09. The van der Waals surface area contributed by atoms with Gasteiger partial charge in [-0.1, -0.05) is 19.3 Å². The maximum absolute atomic E-state index is 13.2. The lowest BCUT2D eigenvalue weighted by atomic mass is 9.67. The van der Waals surface area contributed by atoms with Crippen LogP contribution in [-0.4, -0.2) is 29.1 Å². The minimum atomic E-state index is -4.04. The molecule has 0 aromatic rings. The molecule has 2 bridgehead atoms. The molecule has 2 saturated carbocycles. The Balaban J connectivity index is 1.75. The maximum Gasteiger partial charge on any atom is 0.378 e. The number of carbonyl (C=O) groups is 2. The Hall–Kier alpha value is -1.20. The molecule has 0 aromatic heterocycles. The molecule has 2 aliphatic rings. The number of ether oxygens (including phenoxy) is 1. The number of hydrogen-bond acceptors (Lipinski definition) is 3. The van der Waals surface area contributed by atoms with Gasteiger partial charge in [-0.15, -0.1) is 0 Å². The van der Waals surface area contributed by atoms with E-state index in [1.165, 1.54) is 25.7 Å². The quantitative estimate of drug-likeness (QED) is 0.760. The predicted octanol–water partition coefficient (Wildman–Crippen LogP) is 3.63. The third-order valence-electron chi connectivity index (χ3n) is 5.09. The van der Waals surface area contributed by atoms with Crippen molar-refractivity contribution >= 4 is 11.9 Å². The van der Waals surface area contributed by atoms with E-state index in [9.17, 15) is 18.4 Å². The molecule has 0 amide bonds. The highest BCUT2D eigenvalue weighted by atomic mass is 19.3. The molecule has 0 radical (unpaired) electrons. The zero-order valence-corrected chi connectivity index (χ0v) is 12.9. The average Bonchev–Trinajstić information content (AvgIpc) is 2.44. The number of aliphatic carboxylic acids is 1. The highest BCUT2D eigenvalue weighted by Crippen LogP contribution is 2.43. The van der Waals surface area contributed by atoms with E-state index in [0.29, 0.717) is 12.3 Å². The Morgan fingerprint density at radius 1 is 1.23 bits per heavy atom. The monoisotopic (exact) mass is 318 g/mol. The van der Waals surface area contributed by atoms with Gasteiger partial charge in [0.25, 0.3) is 0 Å². The van der Waals surface area contributed by atoms with Gasteiger partial charge in [-0.25, -0.2) is 4.79 Å². The second-order valence-corrected chi connectivity index (χ2v) is 6.83. The van der Waals surface area contributed by atoms with Crippen molar-refractivity contribution in [2.45, 2.75) is 70.3 Å². The summed E-state index contributed by atoms with van der Waals surface area (Å²) in [4.78, 5) is 22.1. The molecule has 126 valence electrons. The van der Waals surface area contributed by atoms with Crippen LogP contribution in [0.15, 0.2) is 0 Å². The van der Waals surface area contributed by atoms with Crippen molar-refractivity contribution in [1.82, 2.24) is 0 Å². The molecule has 6 heteroatoms. The number of halogens is 2. The molecular weight excluding hydrogens is 294 g/mol. The summed E-state index contributed by atoms with van der Waals surface area (Å²) in [5.41, 5.74) is 0. The summed E-state index contributed by atoms with van der Waals surface area (Å²) in [5, 5.41) is 8.41. The van der Waals surface area contributed by atoms with Crippen molar-refractivity contribution in [1.29, 1.82) is 0 Å². The highest BCUT2D eigenvalue weighted by Gasteiger charge is 2.47. The summed E-state index contributed by atoms with van der Waals surface area (Å²) in [7, 11) is 0. The van der Waals surface area contributed by atoms with Crippen molar-refractivity contribution in [2.75, 3.05) is 0 Å². The SMILES string of the molecule is CC(OC(=O)CCC1CC2CCCC(C2)C1)C(F)(F)C(=O)O. The minimum absolute atomic E-state index is 0.0874. The lowest BCUT2D eigenvalue weighted by molar-refractivity contribution is -0.191. The number of carbonyl (C=O) groups excluding carboxylic acids is 1. The lowest BCUT2D eigenvalue weighted by Gasteiger charge is -2.39. The largest absolute Gasteiger partial charge is 0.477 e. The average molecular weight is 318 g/mol. The van der Waals surface area contributed by atoms with Crippen molar-refractivity contribution < 1.29 is 28.2 Å². The van der Waals surface area contributed by atoms with Gasteiger partial charge < -0.3 is 9.84 Å². The van der Waals surface area contributed by atoms with Crippen molar-refractivity contribution in [3.8, 4) is 0 Å². The zero-order valence-electron chi connectivity index (χ0n) is 12.9. The van der Waals surface area contributed by atoms with Gasteiger partial charge in [-0.05, 0) is 50.4 Å². The number of hydrogen-bond donors (Lipinski definition) is 1. The summed E-state index contributed by atoms with van der Waals surface area (Å²) in [6.07, 6.45) is 6.15. The summed E-state index contributed by atoms with van der Waals surface area (Å²) >= 11 is 0. The Labute approximate surface area is 129 Å². The van der Waals surface area contributed by atoms with Crippen LogP contribution in [0.25, 0.3) is 0 Å². The van der Waals surface area contributed by atoms with Crippen molar-refractivity contribution in [3.63, 3.8) is 0 Å². The fraction of sp³-hybridized carbons (Fsp3) is 0.875. The van der Waals surface area contributed by atoms with E-state index in [1.54, 1.807) is 0 Å². The summed E-state index contributed by atoms with van der Waals surface area (Å²) < 4.78 is 30.9. The highest BCUT2D eigenvalue weighted by molar-refractivity contribution is 5.77. The van der Waals surface area contributed by atoms with Crippen LogP contribution in [-0.2, 0) is 14.3 Å². The van der Waals surface area contributed by atoms with Crippen LogP contribution >= 0.6 is 0 Å². The number of fused-ring (bicyclic) bond motifs is 2. The smallest absolute Gasteiger partial charge is 0.378 e. The lowest BCUT2D eigenvalue weighted by Crippen LogP contribution is -2.42. The number of alkyl halides is 2. The number of rotatable bonds is 6. The molecule has 3 atom stereocenters. The number of carboxylic acids is 1. The van der Waals surface area contributed by atoms with E-state index in [0.717, 1.165) is 31.6 Å². The zero-order chi connectivity index (χ0) is 16.3. The molecule has 2 fully saturated rings. The van der Waals surface area contributed by atoms with Gasteiger partial charge in [-0.3, -0.25) is 4.79 Å². The Morgan fingerprint density at radius 3 is 2.36 bits per heavy atom. The molecule has 2 rings (SSSR count). The van der Waals surface area contributed by atoms with Crippen LogP contribution < -0.4 is 0 Å². The van der Waals surface area contributed by atoms with Gasteiger partial charge in [0.1, 0.15) is 0 Å². The maximum atomic E-state index is 13.2. The van der Waals surface area contributed by atoms with Crippen molar-refractivity contribution in [3.05, 3.63) is 0 Å². The molecular formula is C16H24F2O4. The second kappa shape index (κ2) is 6.92. The van der Waals surface area contributed by atoms with Crippen molar-refractivity contribution in [2.24, 2.45) is 17.8 Å². The fourth-order valence-electron chi connectivity index (χ4n) is 3.93. The second-order valence-electron chi connectivity index (χ2n) is 6.83.